The van der Waals surface area contributed by atoms with Crippen LogP contribution in [0.25, 0.3) is 11.4 Å². The molecule has 0 aliphatic carbocycles. The normalized spacial score (nSPS) is 10.4. The molecule has 3 rings (SSSR count). The number of ether oxygens (including phenoxy) is 3. The Labute approximate surface area is 168 Å². The van der Waals surface area contributed by atoms with Crippen LogP contribution in [-0.2, 0) is 0 Å². The average Bonchev–Trinajstić information content (AvgIpc) is 3.15. The standard InChI is InChI=1S/C18H16BrN3O4S/c1-24-13-8-11(9-14(25-2)15(13)26-3)17(23)21-18-20-16(22-27-18)10-4-6-12(19)7-5-10/h4-9H,1-3H3,(H,20,21,22,23). The molecule has 0 unspecified atom stereocenters. The molecule has 0 aliphatic rings. The van der Waals surface area contributed by atoms with E-state index in [-0.39, 0.29) is 5.91 Å². The van der Waals surface area contributed by atoms with Crippen LogP contribution in [0.5, 0.6) is 17.2 Å². The highest BCUT2D eigenvalue weighted by atomic mass is 79.9. The number of nitrogens with zero attached hydrogens (tertiary/aromatic N) is 2. The SMILES string of the molecule is COc1cc(C(=O)Nc2nc(-c3ccc(Br)cc3)ns2)cc(OC)c1OC. The van der Waals surface area contributed by atoms with Crippen molar-refractivity contribution >= 4 is 38.5 Å². The molecule has 0 saturated carbocycles. The number of carbonyl (C=O) groups is 1. The van der Waals surface area contributed by atoms with Crippen LogP contribution in [0.2, 0.25) is 0 Å². The zero-order valence-corrected chi connectivity index (χ0v) is 17.2. The van der Waals surface area contributed by atoms with E-state index in [1.165, 1.54) is 21.3 Å². The van der Waals surface area contributed by atoms with Crippen LogP contribution in [0.15, 0.2) is 40.9 Å². The predicted molar refractivity (Wildman–Crippen MR) is 107 cm³/mol. The number of methoxy groups -OCH3 is 3. The van der Waals surface area contributed by atoms with Gasteiger partial charge in [0.15, 0.2) is 17.3 Å². The maximum absolute atomic E-state index is 12.6. The summed E-state index contributed by atoms with van der Waals surface area (Å²) in [6, 6.07) is 10.8. The van der Waals surface area contributed by atoms with Gasteiger partial charge in [0.2, 0.25) is 10.9 Å². The summed E-state index contributed by atoms with van der Waals surface area (Å²) in [5, 5.41) is 3.14. The first kappa shape index (κ1) is 19.1. The van der Waals surface area contributed by atoms with Crippen LogP contribution in [0.1, 0.15) is 10.4 Å². The Hall–Kier alpha value is -2.65. The number of hydrogen-bond acceptors (Lipinski definition) is 7. The molecule has 0 spiro atoms. The minimum atomic E-state index is -0.354. The predicted octanol–water partition coefficient (Wildman–Crippen LogP) is 4.25. The van der Waals surface area contributed by atoms with Crippen molar-refractivity contribution < 1.29 is 19.0 Å². The van der Waals surface area contributed by atoms with E-state index in [1.54, 1.807) is 12.1 Å². The van der Waals surface area contributed by atoms with Gasteiger partial charge in [-0.2, -0.15) is 9.36 Å². The lowest BCUT2D eigenvalue weighted by molar-refractivity contribution is 0.102. The number of benzene rings is 2. The molecule has 140 valence electrons. The minimum absolute atomic E-state index is 0.352. The van der Waals surface area contributed by atoms with Gasteiger partial charge < -0.3 is 14.2 Å². The number of amides is 1. The van der Waals surface area contributed by atoms with Crippen molar-refractivity contribution in [2.45, 2.75) is 0 Å². The number of aromatic nitrogens is 2. The third kappa shape index (κ3) is 4.20. The van der Waals surface area contributed by atoms with E-state index in [2.05, 4.69) is 30.6 Å². The zero-order valence-electron chi connectivity index (χ0n) is 14.8. The van der Waals surface area contributed by atoms with Crippen molar-refractivity contribution in [1.82, 2.24) is 9.36 Å². The number of nitrogens with one attached hydrogen (secondary N) is 1. The van der Waals surface area contributed by atoms with E-state index in [4.69, 9.17) is 14.2 Å². The minimum Gasteiger partial charge on any atom is -0.493 e. The maximum atomic E-state index is 12.6. The smallest absolute Gasteiger partial charge is 0.257 e. The molecule has 0 bridgehead atoms. The van der Waals surface area contributed by atoms with Gasteiger partial charge in [0.25, 0.3) is 5.91 Å². The lowest BCUT2D eigenvalue weighted by atomic mass is 10.1. The summed E-state index contributed by atoms with van der Waals surface area (Å²) < 4.78 is 21.1. The second-order valence-electron chi connectivity index (χ2n) is 5.30. The van der Waals surface area contributed by atoms with E-state index in [0.717, 1.165) is 21.6 Å². The van der Waals surface area contributed by atoms with Gasteiger partial charge in [0.1, 0.15) is 0 Å². The Balaban J connectivity index is 1.82. The van der Waals surface area contributed by atoms with E-state index >= 15 is 0 Å². The number of rotatable bonds is 6. The van der Waals surface area contributed by atoms with Crippen molar-refractivity contribution in [3.05, 3.63) is 46.4 Å². The largest absolute Gasteiger partial charge is 0.493 e. The highest BCUT2D eigenvalue weighted by molar-refractivity contribution is 9.10. The van der Waals surface area contributed by atoms with E-state index in [1.807, 2.05) is 24.3 Å². The molecule has 9 heteroatoms. The van der Waals surface area contributed by atoms with E-state index in [0.29, 0.717) is 33.8 Å². The lowest BCUT2D eigenvalue weighted by Gasteiger charge is -2.13. The Bertz CT molecular complexity index is 934. The average molecular weight is 450 g/mol. The number of hydrogen-bond donors (Lipinski definition) is 1. The Morgan fingerprint density at radius 1 is 1.04 bits per heavy atom. The van der Waals surface area contributed by atoms with Crippen LogP contribution < -0.4 is 19.5 Å². The topological polar surface area (TPSA) is 82.6 Å². The molecule has 1 heterocycles. The first-order chi connectivity index (χ1) is 13.0. The van der Waals surface area contributed by atoms with E-state index in [9.17, 15) is 4.79 Å². The summed E-state index contributed by atoms with van der Waals surface area (Å²) >= 11 is 4.50. The van der Waals surface area contributed by atoms with Crippen molar-refractivity contribution in [2.24, 2.45) is 0 Å². The first-order valence-corrected chi connectivity index (χ1v) is 9.33. The fourth-order valence-electron chi connectivity index (χ4n) is 2.37. The van der Waals surface area contributed by atoms with Crippen molar-refractivity contribution in [1.29, 1.82) is 0 Å². The van der Waals surface area contributed by atoms with Crippen LogP contribution >= 0.6 is 27.5 Å². The monoisotopic (exact) mass is 449 g/mol. The molecular weight excluding hydrogens is 434 g/mol. The summed E-state index contributed by atoms with van der Waals surface area (Å²) in [6.07, 6.45) is 0. The summed E-state index contributed by atoms with van der Waals surface area (Å²) in [5.74, 6) is 1.41. The van der Waals surface area contributed by atoms with Crippen LogP contribution in [-0.4, -0.2) is 36.6 Å². The lowest BCUT2D eigenvalue weighted by Crippen LogP contribution is -2.12. The Morgan fingerprint density at radius 2 is 1.67 bits per heavy atom. The van der Waals surface area contributed by atoms with Gasteiger partial charge in [-0.05, 0) is 24.3 Å². The highest BCUT2D eigenvalue weighted by Crippen LogP contribution is 2.38. The second kappa shape index (κ2) is 8.36. The van der Waals surface area contributed by atoms with Crippen LogP contribution in [0, 0.1) is 0 Å². The molecule has 1 amide bonds. The summed E-state index contributed by atoms with van der Waals surface area (Å²) in [6.45, 7) is 0. The van der Waals surface area contributed by atoms with Gasteiger partial charge in [-0.15, -0.1) is 0 Å². The quantitative estimate of drug-likeness (QED) is 0.605. The number of anilines is 1. The van der Waals surface area contributed by atoms with E-state index < -0.39 is 0 Å². The zero-order chi connectivity index (χ0) is 19.4. The molecule has 7 nitrogen and oxygen atoms in total. The maximum Gasteiger partial charge on any atom is 0.257 e. The molecule has 0 atom stereocenters. The molecular formula is C18H16BrN3O4S. The van der Waals surface area contributed by atoms with Crippen molar-refractivity contribution in [3.8, 4) is 28.6 Å². The molecule has 0 aliphatic heterocycles. The van der Waals surface area contributed by atoms with Gasteiger partial charge in [-0.3, -0.25) is 10.1 Å². The Kier molecular flexibility index (Phi) is 5.92. The summed E-state index contributed by atoms with van der Waals surface area (Å²) in [7, 11) is 4.49. The van der Waals surface area contributed by atoms with Gasteiger partial charge in [0, 0.05) is 27.1 Å². The third-order valence-corrected chi connectivity index (χ3v) is 4.84. The van der Waals surface area contributed by atoms with Gasteiger partial charge in [-0.25, -0.2) is 0 Å². The van der Waals surface area contributed by atoms with Gasteiger partial charge in [-0.1, -0.05) is 28.1 Å². The highest BCUT2D eigenvalue weighted by Gasteiger charge is 2.18. The van der Waals surface area contributed by atoms with Gasteiger partial charge in [0.05, 0.1) is 21.3 Å². The third-order valence-electron chi connectivity index (χ3n) is 3.68. The molecule has 1 aromatic heterocycles. The summed E-state index contributed by atoms with van der Waals surface area (Å²) in [5.41, 5.74) is 1.22. The first-order valence-electron chi connectivity index (χ1n) is 7.76. The van der Waals surface area contributed by atoms with Crippen LogP contribution in [0.3, 0.4) is 0 Å². The molecule has 0 radical (unpaired) electrons. The summed E-state index contributed by atoms with van der Waals surface area (Å²) in [4.78, 5) is 17.0. The fraction of sp³-hybridized carbons (Fsp3) is 0.167. The molecule has 0 fully saturated rings. The molecule has 2 aromatic carbocycles. The molecule has 3 aromatic rings. The molecule has 1 N–H and O–H groups in total. The number of carbonyl (C=O) groups excluding carboxylic acids is 1. The van der Waals surface area contributed by atoms with Crippen molar-refractivity contribution in [3.63, 3.8) is 0 Å². The number of halogens is 1. The second-order valence-corrected chi connectivity index (χ2v) is 6.97. The molecule has 27 heavy (non-hydrogen) atoms. The molecule has 0 saturated heterocycles. The van der Waals surface area contributed by atoms with Gasteiger partial charge >= 0.3 is 0 Å². The fourth-order valence-corrected chi connectivity index (χ4v) is 3.22. The van der Waals surface area contributed by atoms with Crippen LogP contribution in [0.4, 0.5) is 5.13 Å². The van der Waals surface area contributed by atoms with Crippen molar-refractivity contribution in [2.75, 3.05) is 26.6 Å². The Morgan fingerprint density at radius 3 is 2.22 bits per heavy atom.